The minimum absolute atomic E-state index is 0.0554. The summed E-state index contributed by atoms with van der Waals surface area (Å²) in [5, 5.41) is 8.68. The van der Waals surface area contributed by atoms with Crippen molar-refractivity contribution in [2.24, 2.45) is 5.90 Å². The number of ether oxygens (including phenoxy) is 1. The van der Waals surface area contributed by atoms with Crippen molar-refractivity contribution in [3.8, 4) is 0 Å². The summed E-state index contributed by atoms with van der Waals surface area (Å²) in [6.07, 6.45) is 1.51. The SMILES string of the molecule is NO[C@@H]1CCO[C@H](CO)C1. The summed E-state index contributed by atoms with van der Waals surface area (Å²) >= 11 is 0. The van der Waals surface area contributed by atoms with Crippen LogP contribution in [0.1, 0.15) is 12.8 Å². The zero-order chi connectivity index (χ0) is 7.40. The first kappa shape index (κ1) is 7.94. The molecular weight excluding hydrogens is 134 g/mol. The Labute approximate surface area is 59.9 Å². The van der Waals surface area contributed by atoms with Crippen molar-refractivity contribution in [2.75, 3.05) is 13.2 Å². The third kappa shape index (κ3) is 1.91. The topological polar surface area (TPSA) is 64.7 Å². The highest BCUT2D eigenvalue weighted by Gasteiger charge is 2.21. The van der Waals surface area contributed by atoms with Crippen molar-refractivity contribution >= 4 is 0 Å². The number of rotatable bonds is 2. The Bertz CT molecular complexity index is 89.0. The van der Waals surface area contributed by atoms with Gasteiger partial charge in [-0.2, -0.15) is 0 Å². The normalized spacial score (nSPS) is 34.2. The predicted octanol–water partition coefficient (Wildman–Crippen LogP) is -0.583. The second-order valence-electron chi connectivity index (χ2n) is 2.46. The number of nitrogens with two attached hydrogens (primary N) is 1. The Kier molecular flexibility index (Phi) is 3.08. The third-order valence-corrected chi connectivity index (χ3v) is 1.72. The summed E-state index contributed by atoms with van der Waals surface area (Å²) in [5.41, 5.74) is 0. The van der Waals surface area contributed by atoms with Crippen LogP contribution in [-0.4, -0.2) is 30.5 Å². The van der Waals surface area contributed by atoms with Crippen LogP contribution in [0.4, 0.5) is 0 Å². The van der Waals surface area contributed by atoms with E-state index in [1.54, 1.807) is 0 Å². The van der Waals surface area contributed by atoms with Crippen LogP contribution in [-0.2, 0) is 9.57 Å². The molecule has 1 aliphatic rings. The zero-order valence-corrected chi connectivity index (χ0v) is 5.82. The minimum atomic E-state index is -0.0812. The Hall–Kier alpha value is -0.160. The fourth-order valence-electron chi connectivity index (χ4n) is 1.10. The Balaban J connectivity index is 2.25. The summed E-state index contributed by atoms with van der Waals surface area (Å²) in [7, 11) is 0. The van der Waals surface area contributed by atoms with Crippen LogP contribution >= 0.6 is 0 Å². The van der Waals surface area contributed by atoms with Crippen LogP contribution in [0.3, 0.4) is 0 Å². The van der Waals surface area contributed by atoms with Gasteiger partial charge in [-0.25, -0.2) is 5.90 Å². The second-order valence-corrected chi connectivity index (χ2v) is 2.46. The number of aliphatic hydroxyl groups excluding tert-OH is 1. The molecule has 3 N–H and O–H groups in total. The third-order valence-electron chi connectivity index (χ3n) is 1.72. The molecule has 1 saturated heterocycles. The molecule has 4 nitrogen and oxygen atoms in total. The van der Waals surface area contributed by atoms with Crippen LogP contribution in [0.5, 0.6) is 0 Å². The summed E-state index contributed by atoms with van der Waals surface area (Å²) in [4.78, 5) is 4.63. The molecule has 0 unspecified atom stereocenters. The maximum atomic E-state index is 8.68. The van der Waals surface area contributed by atoms with Crippen LogP contribution in [0, 0.1) is 0 Å². The van der Waals surface area contributed by atoms with Crippen LogP contribution < -0.4 is 5.90 Å². The van der Waals surface area contributed by atoms with E-state index in [2.05, 4.69) is 4.84 Å². The van der Waals surface area contributed by atoms with Crippen molar-refractivity contribution < 1.29 is 14.7 Å². The molecule has 0 bridgehead atoms. The van der Waals surface area contributed by atoms with Crippen LogP contribution in [0.15, 0.2) is 0 Å². The van der Waals surface area contributed by atoms with E-state index in [9.17, 15) is 0 Å². The van der Waals surface area contributed by atoms with Gasteiger partial charge in [0.15, 0.2) is 0 Å². The van der Waals surface area contributed by atoms with Gasteiger partial charge in [-0.05, 0) is 6.42 Å². The Morgan fingerprint density at radius 2 is 2.50 bits per heavy atom. The number of aliphatic hydroxyl groups is 1. The first-order chi connectivity index (χ1) is 4.86. The van der Waals surface area contributed by atoms with Gasteiger partial charge in [0.1, 0.15) is 0 Å². The predicted molar refractivity (Wildman–Crippen MR) is 35.1 cm³/mol. The van der Waals surface area contributed by atoms with Gasteiger partial charge in [0.2, 0.25) is 0 Å². The molecule has 0 aromatic rings. The lowest BCUT2D eigenvalue weighted by atomic mass is 10.1. The molecule has 1 fully saturated rings. The van der Waals surface area contributed by atoms with Crippen molar-refractivity contribution in [1.29, 1.82) is 0 Å². The summed E-state index contributed by atoms with van der Waals surface area (Å²) in [6.45, 7) is 0.687. The largest absolute Gasteiger partial charge is 0.394 e. The smallest absolute Gasteiger partial charge is 0.0834 e. The Morgan fingerprint density at radius 3 is 3.10 bits per heavy atom. The highest BCUT2D eigenvalue weighted by Crippen LogP contribution is 2.14. The summed E-state index contributed by atoms with van der Waals surface area (Å²) in [6, 6.07) is 0. The first-order valence-electron chi connectivity index (χ1n) is 3.45. The van der Waals surface area contributed by atoms with E-state index in [0.717, 1.165) is 6.42 Å². The van der Waals surface area contributed by atoms with Gasteiger partial charge >= 0.3 is 0 Å². The average molecular weight is 147 g/mol. The molecule has 1 heterocycles. The molecule has 2 atom stereocenters. The van der Waals surface area contributed by atoms with Gasteiger partial charge in [-0.1, -0.05) is 0 Å². The van der Waals surface area contributed by atoms with Gasteiger partial charge in [0.05, 0.1) is 18.8 Å². The fraction of sp³-hybridized carbons (Fsp3) is 1.00. The fourth-order valence-corrected chi connectivity index (χ4v) is 1.10. The number of hydrogen-bond donors (Lipinski definition) is 2. The average Bonchev–Trinajstić information content (AvgIpc) is 2.05. The molecule has 0 spiro atoms. The molecule has 1 aliphatic heterocycles. The molecule has 0 aliphatic carbocycles. The van der Waals surface area contributed by atoms with E-state index >= 15 is 0 Å². The maximum Gasteiger partial charge on any atom is 0.0834 e. The van der Waals surface area contributed by atoms with Gasteiger partial charge in [-0.3, -0.25) is 0 Å². The lowest BCUT2D eigenvalue weighted by Gasteiger charge is -2.26. The first-order valence-corrected chi connectivity index (χ1v) is 3.45. The van der Waals surface area contributed by atoms with E-state index in [1.165, 1.54) is 0 Å². The van der Waals surface area contributed by atoms with E-state index in [0.29, 0.717) is 13.0 Å². The second kappa shape index (κ2) is 3.88. The molecule has 0 saturated carbocycles. The molecule has 10 heavy (non-hydrogen) atoms. The molecule has 0 aromatic heterocycles. The van der Waals surface area contributed by atoms with Crippen molar-refractivity contribution in [1.82, 2.24) is 0 Å². The molecule has 0 amide bonds. The minimum Gasteiger partial charge on any atom is -0.394 e. The van der Waals surface area contributed by atoms with Gasteiger partial charge in [0, 0.05) is 13.0 Å². The van der Waals surface area contributed by atoms with Gasteiger partial charge < -0.3 is 14.7 Å². The van der Waals surface area contributed by atoms with E-state index in [-0.39, 0.29) is 18.8 Å². The monoisotopic (exact) mass is 147 g/mol. The zero-order valence-electron chi connectivity index (χ0n) is 5.82. The lowest BCUT2D eigenvalue weighted by molar-refractivity contribution is -0.0886. The van der Waals surface area contributed by atoms with E-state index in [4.69, 9.17) is 15.7 Å². The van der Waals surface area contributed by atoms with E-state index in [1.807, 2.05) is 0 Å². The van der Waals surface area contributed by atoms with E-state index < -0.39 is 0 Å². The van der Waals surface area contributed by atoms with Crippen molar-refractivity contribution in [2.45, 2.75) is 25.0 Å². The summed E-state index contributed by atoms with van der Waals surface area (Å²) in [5.74, 6) is 4.98. The Morgan fingerprint density at radius 1 is 1.70 bits per heavy atom. The maximum absolute atomic E-state index is 8.68. The van der Waals surface area contributed by atoms with Gasteiger partial charge in [0.25, 0.3) is 0 Å². The molecular formula is C6H13NO3. The lowest BCUT2D eigenvalue weighted by Crippen LogP contribution is -2.34. The van der Waals surface area contributed by atoms with Crippen LogP contribution in [0.2, 0.25) is 0 Å². The van der Waals surface area contributed by atoms with Crippen molar-refractivity contribution in [3.63, 3.8) is 0 Å². The standard InChI is InChI=1S/C6H13NO3/c7-10-5-1-2-9-6(3-5)4-8/h5-6,8H,1-4,7H2/t5-,6+/m1/s1. The molecule has 1 rings (SSSR count). The number of hydrogen-bond acceptors (Lipinski definition) is 4. The van der Waals surface area contributed by atoms with Crippen molar-refractivity contribution in [3.05, 3.63) is 0 Å². The van der Waals surface area contributed by atoms with Crippen LogP contribution in [0.25, 0.3) is 0 Å². The molecule has 60 valence electrons. The highest BCUT2D eigenvalue weighted by molar-refractivity contribution is 4.70. The van der Waals surface area contributed by atoms with Gasteiger partial charge in [-0.15, -0.1) is 0 Å². The highest BCUT2D eigenvalue weighted by atomic mass is 16.6. The quantitative estimate of drug-likeness (QED) is 0.513. The molecule has 0 radical (unpaired) electrons. The molecule has 0 aromatic carbocycles. The summed E-state index contributed by atoms with van der Waals surface area (Å²) < 4.78 is 5.17. The molecule has 4 heteroatoms.